The van der Waals surface area contributed by atoms with Gasteiger partial charge in [0.2, 0.25) is 0 Å². The van der Waals surface area contributed by atoms with Gasteiger partial charge < -0.3 is 0 Å². The molecule has 0 atom stereocenters. The van der Waals surface area contributed by atoms with E-state index in [1.807, 2.05) is 0 Å². The largest absolute Gasteiger partial charge is 0.288 e. The molecule has 1 nitrogen and oxygen atoms in total. The smallest absolute Gasteiger partial charge is 0.137 e. The summed E-state index contributed by atoms with van der Waals surface area (Å²) in [7, 11) is 0. The van der Waals surface area contributed by atoms with Crippen molar-refractivity contribution in [3.8, 4) is 0 Å². The Morgan fingerprint density at radius 1 is 1.45 bits per heavy atom. The SMILES string of the molecule is Fc1cc2c(cc1Br)C=NC2. The molecule has 0 fully saturated rings. The fourth-order valence-electron chi connectivity index (χ4n) is 1.10. The summed E-state index contributed by atoms with van der Waals surface area (Å²) in [5.41, 5.74) is 1.98. The van der Waals surface area contributed by atoms with Crippen molar-refractivity contribution < 1.29 is 4.39 Å². The van der Waals surface area contributed by atoms with E-state index in [1.165, 1.54) is 6.07 Å². The number of rotatable bonds is 0. The fraction of sp³-hybridized carbons (Fsp3) is 0.125. The van der Waals surface area contributed by atoms with Crippen LogP contribution in [-0.4, -0.2) is 6.21 Å². The Kier molecular flexibility index (Phi) is 1.53. The predicted octanol–water partition coefficient (Wildman–Crippen LogP) is 2.52. The van der Waals surface area contributed by atoms with Crippen LogP contribution in [0.25, 0.3) is 0 Å². The van der Waals surface area contributed by atoms with Gasteiger partial charge in [-0.2, -0.15) is 0 Å². The number of hydrogen-bond donors (Lipinski definition) is 0. The van der Waals surface area contributed by atoms with Crippen LogP contribution < -0.4 is 0 Å². The molecule has 0 N–H and O–H groups in total. The van der Waals surface area contributed by atoms with Crippen molar-refractivity contribution in [2.45, 2.75) is 6.54 Å². The second-order valence-corrected chi connectivity index (χ2v) is 3.29. The molecule has 0 saturated heterocycles. The van der Waals surface area contributed by atoms with Crippen molar-refractivity contribution in [2.24, 2.45) is 4.99 Å². The van der Waals surface area contributed by atoms with Crippen LogP contribution in [-0.2, 0) is 6.54 Å². The fourth-order valence-corrected chi connectivity index (χ4v) is 1.46. The number of aliphatic imine (C=N–C) groups is 1. The van der Waals surface area contributed by atoms with Crippen LogP contribution in [0.3, 0.4) is 0 Å². The van der Waals surface area contributed by atoms with E-state index >= 15 is 0 Å². The summed E-state index contributed by atoms with van der Waals surface area (Å²) in [6.45, 7) is 0.611. The molecule has 56 valence electrons. The lowest BCUT2D eigenvalue weighted by Gasteiger charge is -1.98. The average molecular weight is 214 g/mol. The highest BCUT2D eigenvalue weighted by Crippen LogP contribution is 2.22. The molecule has 1 aromatic carbocycles. The van der Waals surface area contributed by atoms with E-state index < -0.39 is 0 Å². The maximum Gasteiger partial charge on any atom is 0.137 e. The highest BCUT2D eigenvalue weighted by molar-refractivity contribution is 9.10. The minimum Gasteiger partial charge on any atom is -0.288 e. The molecular formula is C8H5BrFN. The molecule has 0 spiro atoms. The van der Waals surface area contributed by atoms with E-state index in [1.54, 1.807) is 12.3 Å². The minimum atomic E-state index is -0.214. The van der Waals surface area contributed by atoms with E-state index in [4.69, 9.17) is 0 Å². The van der Waals surface area contributed by atoms with Gasteiger partial charge in [-0.3, -0.25) is 4.99 Å². The van der Waals surface area contributed by atoms with Crippen molar-refractivity contribution in [1.29, 1.82) is 0 Å². The van der Waals surface area contributed by atoms with Crippen LogP contribution in [0.15, 0.2) is 21.6 Å². The Balaban J connectivity index is 2.63. The summed E-state index contributed by atoms with van der Waals surface area (Å²) in [4.78, 5) is 4.02. The third-order valence-corrected chi connectivity index (χ3v) is 2.28. The van der Waals surface area contributed by atoms with Crippen LogP contribution in [0.4, 0.5) is 4.39 Å². The lowest BCUT2D eigenvalue weighted by Crippen LogP contribution is -1.87. The standard InChI is InChI=1S/C8H5BrFN/c9-7-1-5-3-11-4-6(5)2-8(7)10/h1-3H,4H2. The topological polar surface area (TPSA) is 12.4 Å². The van der Waals surface area contributed by atoms with Crippen molar-refractivity contribution in [1.82, 2.24) is 0 Å². The Hall–Kier alpha value is -0.700. The van der Waals surface area contributed by atoms with Crippen LogP contribution in [0, 0.1) is 5.82 Å². The Bertz CT molecular complexity index is 333. The van der Waals surface area contributed by atoms with Crippen molar-refractivity contribution >= 4 is 22.1 Å². The van der Waals surface area contributed by atoms with Crippen LogP contribution in [0.2, 0.25) is 0 Å². The molecule has 3 heteroatoms. The van der Waals surface area contributed by atoms with Crippen LogP contribution in [0.5, 0.6) is 0 Å². The van der Waals surface area contributed by atoms with Gasteiger partial charge in [0.05, 0.1) is 11.0 Å². The third-order valence-electron chi connectivity index (χ3n) is 1.67. The van der Waals surface area contributed by atoms with E-state index in [0.29, 0.717) is 11.0 Å². The Morgan fingerprint density at radius 3 is 3.09 bits per heavy atom. The molecule has 1 aliphatic rings. The zero-order chi connectivity index (χ0) is 7.84. The molecular weight excluding hydrogens is 209 g/mol. The van der Waals surface area contributed by atoms with Crippen LogP contribution >= 0.6 is 15.9 Å². The van der Waals surface area contributed by atoms with Gasteiger partial charge >= 0.3 is 0 Å². The molecule has 1 aromatic rings. The maximum absolute atomic E-state index is 12.9. The molecule has 11 heavy (non-hydrogen) atoms. The zero-order valence-corrected chi connectivity index (χ0v) is 7.23. The monoisotopic (exact) mass is 213 g/mol. The van der Waals surface area contributed by atoms with Gasteiger partial charge in [0.25, 0.3) is 0 Å². The minimum absolute atomic E-state index is 0.214. The molecule has 0 aliphatic carbocycles. The Labute approximate surface area is 72.1 Å². The number of nitrogens with zero attached hydrogens (tertiary/aromatic N) is 1. The van der Waals surface area contributed by atoms with Gasteiger partial charge in [-0.25, -0.2) is 4.39 Å². The number of halogens is 2. The average Bonchev–Trinajstić information content (AvgIpc) is 2.36. The van der Waals surface area contributed by atoms with Gasteiger partial charge in [-0.05, 0) is 39.2 Å². The summed E-state index contributed by atoms with van der Waals surface area (Å²) in [5, 5.41) is 0. The van der Waals surface area contributed by atoms with Gasteiger partial charge in [0, 0.05) is 6.21 Å². The molecule has 0 unspecified atom stereocenters. The van der Waals surface area contributed by atoms with Gasteiger partial charge in [0.1, 0.15) is 5.82 Å². The van der Waals surface area contributed by atoms with Gasteiger partial charge in [0.15, 0.2) is 0 Å². The van der Waals surface area contributed by atoms with Gasteiger partial charge in [-0.15, -0.1) is 0 Å². The molecule has 0 amide bonds. The second-order valence-electron chi connectivity index (χ2n) is 2.43. The first-order valence-electron chi connectivity index (χ1n) is 3.25. The van der Waals surface area contributed by atoms with Crippen molar-refractivity contribution in [2.75, 3.05) is 0 Å². The number of fused-ring (bicyclic) bond motifs is 1. The first-order valence-corrected chi connectivity index (χ1v) is 4.04. The number of hydrogen-bond acceptors (Lipinski definition) is 1. The Morgan fingerprint density at radius 2 is 2.27 bits per heavy atom. The van der Waals surface area contributed by atoms with E-state index in [0.717, 1.165) is 11.1 Å². The van der Waals surface area contributed by atoms with Crippen molar-refractivity contribution in [3.63, 3.8) is 0 Å². The molecule has 1 heterocycles. The lowest BCUT2D eigenvalue weighted by molar-refractivity contribution is 0.619. The summed E-state index contributed by atoms with van der Waals surface area (Å²) in [5.74, 6) is -0.214. The quantitative estimate of drug-likeness (QED) is 0.629. The predicted molar refractivity (Wildman–Crippen MR) is 45.4 cm³/mol. The highest BCUT2D eigenvalue weighted by Gasteiger charge is 2.09. The summed E-state index contributed by atoms with van der Waals surface area (Å²) in [6.07, 6.45) is 1.76. The zero-order valence-electron chi connectivity index (χ0n) is 5.64. The van der Waals surface area contributed by atoms with Crippen LogP contribution in [0.1, 0.15) is 11.1 Å². The van der Waals surface area contributed by atoms with E-state index in [9.17, 15) is 4.39 Å². The molecule has 0 saturated carbocycles. The first-order chi connectivity index (χ1) is 5.27. The molecule has 0 radical (unpaired) electrons. The van der Waals surface area contributed by atoms with E-state index in [-0.39, 0.29) is 5.82 Å². The van der Waals surface area contributed by atoms with Crippen molar-refractivity contribution in [3.05, 3.63) is 33.5 Å². The van der Waals surface area contributed by atoms with E-state index in [2.05, 4.69) is 20.9 Å². The summed E-state index contributed by atoms with van der Waals surface area (Å²) in [6, 6.07) is 3.27. The maximum atomic E-state index is 12.9. The third kappa shape index (κ3) is 1.09. The summed E-state index contributed by atoms with van der Waals surface area (Å²) >= 11 is 3.11. The molecule has 1 aliphatic heterocycles. The number of benzene rings is 1. The highest BCUT2D eigenvalue weighted by atomic mass is 79.9. The first kappa shape index (κ1) is 6.98. The molecule has 0 bridgehead atoms. The van der Waals surface area contributed by atoms with Gasteiger partial charge in [-0.1, -0.05) is 0 Å². The molecule has 2 rings (SSSR count). The normalized spacial score (nSPS) is 13.6. The lowest BCUT2D eigenvalue weighted by atomic mass is 10.1. The molecule has 0 aromatic heterocycles. The summed E-state index contributed by atoms with van der Waals surface area (Å²) < 4.78 is 13.4. The second kappa shape index (κ2) is 2.41.